The predicted molar refractivity (Wildman–Crippen MR) is 108 cm³/mol. The van der Waals surface area contributed by atoms with Crippen molar-refractivity contribution in [3.05, 3.63) is 45.1 Å². The number of anilines is 1. The number of rotatable bonds is 5. The first-order valence-electron chi connectivity index (χ1n) is 9.12. The van der Waals surface area contributed by atoms with Crippen molar-refractivity contribution in [3.8, 4) is 11.6 Å². The molecule has 0 N–H and O–H groups in total. The molecule has 0 saturated heterocycles. The van der Waals surface area contributed by atoms with Crippen molar-refractivity contribution < 1.29 is 9.53 Å². The van der Waals surface area contributed by atoms with Gasteiger partial charge in [-0.15, -0.1) is 0 Å². The number of benzene rings is 1. The van der Waals surface area contributed by atoms with E-state index in [2.05, 4.69) is 34.8 Å². The van der Waals surface area contributed by atoms with Gasteiger partial charge in [-0.2, -0.15) is 0 Å². The van der Waals surface area contributed by atoms with E-state index in [0.29, 0.717) is 12.3 Å². The number of carbonyl (C=O) groups is 1. The minimum absolute atomic E-state index is 0.134. The second-order valence-corrected chi connectivity index (χ2v) is 7.86. The number of amides is 1. The van der Waals surface area contributed by atoms with Crippen LogP contribution in [0.15, 0.2) is 22.7 Å². The molecule has 0 fully saturated rings. The van der Waals surface area contributed by atoms with E-state index in [9.17, 15) is 4.79 Å². The van der Waals surface area contributed by atoms with Gasteiger partial charge >= 0.3 is 0 Å². The van der Waals surface area contributed by atoms with Gasteiger partial charge in [0.05, 0.1) is 12.1 Å². The first kappa shape index (κ1) is 18.9. The molecule has 26 heavy (non-hydrogen) atoms. The van der Waals surface area contributed by atoms with Gasteiger partial charge in [-0.3, -0.25) is 4.79 Å². The van der Waals surface area contributed by atoms with Crippen LogP contribution in [-0.2, 0) is 11.2 Å². The molecule has 1 aromatic heterocycles. The van der Waals surface area contributed by atoms with E-state index in [1.165, 1.54) is 0 Å². The lowest BCUT2D eigenvalue weighted by Crippen LogP contribution is -2.37. The molecule has 1 aliphatic rings. The number of hydrogen-bond acceptors (Lipinski definition) is 3. The molecule has 1 aromatic carbocycles. The number of ether oxygens (including phenoxy) is 1. The van der Waals surface area contributed by atoms with E-state index in [1.807, 2.05) is 43.9 Å². The third kappa shape index (κ3) is 3.37. The number of carbonyl (C=O) groups excluding carboxylic acids is 1. The zero-order valence-corrected chi connectivity index (χ0v) is 17.6. The number of fused-ring (bicyclic) bond motifs is 1. The predicted octanol–water partition coefficient (Wildman–Crippen LogP) is 5.64. The molecule has 5 heteroatoms. The van der Waals surface area contributed by atoms with Crippen molar-refractivity contribution in [2.45, 2.75) is 59.9 Å². The summed E-state index contributed by atoms with van der Waals surface area (Å²) in [5.74, 6) is 1.49. The van der Waals surface area contributed by atoms with E-state index in [1.54, 1.807) is 0 Å². The molecule has 0 atom stereocenters. The SMILES string of the molecule is CCC(CC)N1C(=O)Cc2c1cc(C)nc2Oc1c(C)cc(Br)cc1C. The number of nitrogens with zero attached hydrogens (tertiary/aromatic N) is 2. The summed E-state index contributed by atoms with van der Waals surface area (Å²) in [5.41, 5.74) is 4.79. The largest absolute Gasteiger partial charge is 0.438 e. The van der Waals surface area contributed by atoms with Gasteiger partial charge in [0.1, 0.15) is 5.75 Å². The standard InChI is InChI=1S/C21H25BrN2O2/c1-6-16(7-2)24-18-10-14(5)23-21(17(18)11-19(24)25)26-20-12(3)8-15(22)9-13(20)4/h8-10,16H,6-7,11H2,1-5H3. The molecule has 0 spiro atoms. The van der Waals surface area contributed by atoms with Crippen LogP contribution in [0, 0.1) is 20.8 Å². The lowest BCUT2D eigenvalue weighted by Gasteiger charge is -2.27. The van der Waals surface area contributed by atoms with Crippen LogP contribution in [0.5, 0.6) is 11.6 Å². The Morgan fingerprint density at radius 3 is 2.35 bits per heavy atom. The Morgan fingerprint density at radius 1 is 1.15 bits per heavy atom. The Labute approximate surface area is 163 Å². The normalized spacial score (nSPS) is 13.5. The fourth-order valence-corrected chi connectivity index (χ4v) is 4.39. The maximum atomic E-state index is 12.7. The van der Waals surface area contributed by atoms with Crippen molar-refractivity contribution in [2.75, 3.05) is 4.90 Å². The second kappa shape index (κ2) is 7.39. The summed E-state index contributed by atoms with van der Waals surface area (Å²) in [5, 5.41) is 0. The van der Waals surface area contributed by atoms with Crippen molar-refractivity contribution in [1.29, 1.82) is 0 Å². The fourth-order valence-electron chi connectivity index (χ4n) is 3.70. The van der Waals surface area contributed by atoms with Gasteiger partial charge in [-0.1, -0.05) is 29.8 Å². The summed E-state index contributed by atoms with van der Waals surface area (Å²) in [4.78, 5) is 19.3. The minimum Gasteiger partial charge on any atom is -0.438 e. The lowest BCUT2D eigenvalue weighted by molar-refractivity contribution is -0.117. The third-order valence-corrected chi connectivity index (χ3v) is 5.44. The van der Waals surface area contributed by atoms with E-state index >= 15 is 0 Å². The van der Waals surface area contributed by atoms with Gasteiger partial charge in [0.25, 0.3) is 0 Å². The highest BCUT2D eigenvalue weighted by Gasteiger charge is 2.35. The Morgan fingerprint density at radius 2 is 1.77 bits per heavy atom. The summed E-state index contributed by atoms with van der Waals surface area (Å²) >= 11 is 3.52. The number of halogens is 1. The molecule has 1 aliphatic heterocycles. The van der Waals surface area contributed by atoms with Gasteiger partial charge in [0.15, 0.2) is 0 Å². The first-order valence-corrected chi connectivity index (χ1v) is 9.92. The summed E-state index contributed by atoms with van der Waals surface area (Å²) in [6.45, 7) is 10.2. The van der Waals surface area contributed by atoms with E-state index in [4.69, 9.17) is 4.74 Å². The average molecular weight is 417 g/mol. The van der Waals surface area contributed by atoms with E-state index < -0.39 is 0 Å². The number of aromatic nitrogens is 1. The molecule has 0 radical (unpaired) electrons. The van der Waals surface area contributed by atoms with Gasteiger partial charge in [-0.05, 0) is 62.9 Å². The second-order valence-electron chi connectivity index (χ2n) is 6.95. The highest BCUT2D eigenvalue weighted by Crippen LogP contribution is 2.40. The number of hydrogen-bond donors (Lipinski definition) is 0. The van der Waals surface area contributed by atoms with Crippen LogP contribution in [0.2, 0.25) is 0 Å². The molecular weight excluding hydrogens is 392 g/mol. The van der Waals surface area contributed by atoms with Crippen molar-refractivity contribution in [2.24, 2.45) is 0 Å². The summed E-state index contributed by atoms with van der Waals surface area (Å²) in [6.07, 6.45) is 2.22. The molecule has 4 nitrogen and oxygen atoms in total. The zero-order valence-electron chi connectivity index (χ0n) is 16.0. The summed E-state index contributed by atoms with van der Waals surface area (Å²) in [7, 11) is 0. The highest BCUT2D eigenvalue weighted by atomic mass is 79.9. The van der Waals surface area contributed by atoms with Crippen LogP contribution in [0.1, 0.15) is 49.1 Å². The molecule has 0 unspecified atom stereocenters. The topological polar surface area (TPSA) is 42.4 Å². The zero-order chi connectivity index (χ0) is 19.0. The Kier molecular flexibility index (Phi) is 5.37. The summed E-state index contributed by atoms with van der Waals surface area (Å²) in [6, 6.07) is 6.28. The van der Waals surface area contributed by atoms with Crippen molar-refractivity contribution in [1.82, 2.24) is 4.98 Å². The quantitative estimate of drug-likeness (QED) is 0.632. The number of aryl methyl sites for hydroxylation is 3. The van der Waals surface area contributed by atoms with Crippen LogP contribution in [0.4, 0.5) is 5.69 Å². The molecule has 138 valence electrons. The number of pyridine rings is 1. The Bertz CT molecular complexity index is 836. The van der Waals surface area contributed by atoms with Gasteiger partial charge in [0, 0.05) is 21.8 Å². The van der Waals surface area contributed by atoms with Crippen LogP contribution < -0.4 is 9.64 Å². The van der Waals surface area contributed by atoms with Crippen LogP contribution >= 0.6 is 15.9 Å². The van der Waals surface area contributed by atoms with E-state index in [0.717, 1.165) is 51.1 Å². The van der Waals surface area contributed by atoms with Crippen LogP contribution in [0.25, 0.3) is 0 Å². The minimum atomic E-state index is 0.134. The average Bonchev–Trinajstić information content (AvgIpc) is 2.89. The van der Waals surface area contributed by atoms with Crippen LogP contribution in [-0.4, -0.2) is 16.9 Å². The van der Waals surface area contributed by atoms with Crippen molar-refractivity contribution in [3.63, 3.8) is 0 Å². The molecule has 1 amide bonds. The monoisotopic (exact) mass is 416 g/mol. The van der Waals surface area contributed by atoms with Crippen molar-refractivity contribution >= 4 is 27.5 Å². The smallest absolute Gasteiger partial charge is 0.231 e. The summed E-state index contributed by atoms with van der Waals surface area (Å²) < 4.78 is 7.28. The third-order valence-electron chi connectivity index (χ3n) is 4.98. The molecule has 2 aromatic rings. The lowest BCUT2D eigenvalue weighted by atomic mass is 10.1. The Balaban J connectivity index is 2.07. The fraction of sp³-hybridized carbons (Fsp3) is 0.429. The molecule has 2 heterocycles. The molecular formula is C21H25BrN2O2. The maximum absolute atomic E-state index is 12.7. The van der Waals surface area contributed by atoms with Gasteiger partial charge in [-0.25, -0.2) is 4.98 Å². The van der Waals surface area contributed by atoms with E-state index in [-0.39, 0.29) is 11.9 Å². The Hall–Kier alpha value is -1.88. The highest BCUT2D eigenvalue weighted by molar-refractivity contribution is 9.10. The molecule has 0 saturated carbocycles. The molecule has 0 bridgehead atoms. The molecule has 0 aliphatic carbocycles. The van der Waals surface area contributed by atoms with Gasteiger partial charge < -0.3 is 9.64 Å². The first-order chi connectivity index (χ1) is 12.3. The molecule has 3 rings (SSSR count). The van der Waals surface area contributed by atoms with Crippen LogP contribution in [0.3, 0.4) is 0 Å². The van der Waals surface area contributed by atoms with Gasteiger partial charge in [0.2, 0.25) is 11.8 Å². The maximum Gasteiger partial charge on any atom is 0.231 e.